The third kappa shape index (κ3) is 3.00. The topological polar surface area (TPSA) is 60.8 Å². The van der Waals surface area contributed by atoms with Gasteiger partial charge in [-0.1, -0.05) is 0 Å². The van der Waals surface area contributed by atoms with E-state index in [2.05, 4.69) is 4.37 Å². The lowest BCUT2D eigenvalue weighted by molar-refractivity contribution is 0.324. The molecule has 3 rings (SSSR count). The van der Waals surface area contributed by atoms with E-state index in [1.807, 2.05) is 30.3 Å². The van der Waals surface area contributed by atoms with Gasteiger partial charge in [-0.25, -0.2) is 0 Å². The lowest BCUT2D eigenvalue weighted by atomic mass is 10.1. The molecule has 0 spiro atoms. The Labute approximate surface area is 144 Å². The molecule has 5 nitrogen and oxygen atoms in total. The monoisotopic (exact) mass is 343 g/mol. The van der Waals surface area contributed by atoms with Crippen LogP contribution in [0.1, 0.15) is 0 Å². The van der Waals surface area contributed by atoms with Gasteiger partial charge in [0.25, 0.3) is 0 Å². The van der Waals surface area contributed by atoms with Crippen LogP contribution < -0.4 is 14.2 Å². The van der Waals surface area contributed by atoms with Crippen molar-refractivity contribution in [1.29, 1.82) is 0 Å². The summed E-state index contributed by atoms with van der Waals surface area (Å²) in [6, 6.07) is 12.8. The molecule has 0 atom stereocenters. The highest BCUT2D eigenvalue weighted by Crippen LogP contribution is 2.42. The van der Waals surface area contributed by atoms with Crippen molar-refractivity contribution in [2.75, 3.05) is 21.3 Å². The number of methoxy groups -OCH3 is 3. The standard InChI is InChI=1S/C18H17NO4S/c1-21-15-8-12(9-16(22-2)18(15)23-3)17-10-14(19-24-17)11-4-6-13(20)7-5-11/h4-10,20H,1-3H3. The highest BCUT2D eigenvalue weighted by molar-refractivity contribution is 7.09. The Hall–Kier alpha value is -2.73. The molecule has 1 aromatic heterocycles. The molecule has 0 aliphatic rings. The van der Waals surface area contributed by atoms with Crippen molar-refractivity contribution in [1.82, 2.24) is 4.37 Å². The van der Waals surface area contributed by atoms with Crippen molar-refractivity contribution in [3.63, 3.8) is 0 Å². The van der Waals surface area contributed by atoms with E-state index in [1.54, 1.807) is 33.5 Å². The van der Waals surface area contributed by atoms with Crippen LogP contribution in [0.2, 0.25) is 0 Å². The molecule has 24 heavy (non-hydrogen) atoms. The molecule has 0 saturated heterocycles. The molecule has 0 amide bonds. The fourth-order valence-electron chi connectivity index (χ4n) is 2.40. The predicted octanol–water partition coefficient (Wildman–Crippen LogP) is 4.21. The van der Waals surface area contributed by atoms with Gasteiger partial charge in [0.1, 0.15) is 5.75 Å². The van der Waals surface area contributed by atoms with Crippen molar-refractivity contribution in [2.24, 2.45) is 0 Å². The normalized spacial score (nSPS) is 10.5. The Morgan fingerprint density at radius 3 is 2.00 bits per heavy atom. The van der Waals surface area contributed by atoms with Crippen molar-refractivity contribution in [3.8, 4) is 44.7 Å². The first-order valence-corrected chi connectivity index (χ1v) is 8.00. The number of aromatic hydroxyl groups is 1. The number of nitrogens with zero attached hydrogens (tertiary/aromatic N) is 1. The maximum atomic E-state index is 9.39. The molecule has 6 heteroatoms. The highest BCUT2D eigenvalue weighted by atomic mass is 32.1. The van der Waals surface area contributed by atoms with Crippen molar-refractivity contribution in [2.45, 2.75) is 0 Å². The molecule has 2 aromatic carbocycles. The van der Waals surface area contributed by atoms with Crippen molar-refractivity contribution >= 4 is 11.5 Å². The molecule has 0 fully saturated rings. The van der Waals surface area contributed by atoms with Crippen LogP contribution in [0.25, 0.3) is 21.7 Å². The zero-order valence-corrected chi connectivity index (χ0v) is 14.4. The van der Waals surface area contributed by atoms with Gasteiger partial charge in [-0.15, -0.1) is 0 Å². The van der Waals surface area contributed by atoms with Crippen molar-refractivity contribution < 1.29 is 19.3 Å². The summed E-state index contributed by atoms with van der Waals surface area (Å²) in [4.78, 5) is 0.984. The molecule has 0 aliphatic heterocycles. The second-order valence-corrected chi connectivity index (χ2v) is 5.84. The number of benzene rings is 2. The molecular formula is C18H17NO4S. The van der Waals surface area contributed by atoms with Gasteiger partial charge in [-0.3, -0.25) is 0 Å². The summed E-state index contributed by atoms with van der Waals surface area (Å²) in [5, 5.41) is 9.39. The molecular weight excluding hydrogens is 326 g/mol. The first kappa shape index (κ1) is 16.1. The molecule has 0 saturated carbocycles. The predicted molar refractivity (Wildman–Crippen MR) is 94.3 cm³/mol. The minimum atomic E-state index is 0.235. The Morgan fingerprint density at radius 1 is 0.833 bits per heavy atom. The molecule has 0 unspecified atom stereocenters. The quantitative estimate of drug-likeness (QED) is 0.752. The molecule has 1 heterocycles. The lowest BCUT2D eigenvalue weighted by Crippen LogP contribution is -1.95. The Morgan fingerprint density at radius 2 is 1.46 bits per heavy atom. The van der Waals surface area contributed by atoms with Crippen LogP contribution in [-0.4, -0.2) is 30.8 Å². The van der Waals surface area contributed by atoms with Gasteiger partial charge in [-0.2, -0.15) is 4.37 Å². The molecule has 124 valence electrons. The minimum Gasteiger partial charge on any atom is -0.508 e. The van der Waals surface area contributed by atoms with Crippen LogP contribution >= 0.6 is 11.5 Å². The van der Waals surface area contributed by atoms with Gasteiger partial charge < -0.3 is 19.3 Å². The smallest absolute Gasteiger partial charge is 0.203 e. The fourth-order valence-corrected chi connectivity index (χ4v) is 3.15. The van der Waals surface area contributed by atoms with E-state index in [-0.39, 0.29) is 5.75 Å². The number of hydrogen-bond acceptors (Lipinski definition) is 6. The number of phenolic OH excluding ortho intramolecular Hbond substituents is 1. The molecule has 3 aromatic rings. The number of phenols is 1. The first-order valence-electron chi connectivity index (χ1n) is 7.22. The summed E-state index contributed by atoms with van der Waals surface area (Å²) in [5.74, 6) is 2.00. The largest absolute Gasteiger partial charge is 0.508 e. The molecule has 0 aliphatic carbocycles. The van der Waals surface area contributed by atoms with Crippen LogP contribution in [-0.2, 0) is 0 Å². The Kier molecular flexibility index (Phi) is 4.57. The van der Waals surface area contributed by atoms with E-state index in [1.165, 1.54) is 11.5 Å². The third-order valence-corrected chi connectivity index (χ3v) is 4.46. The zero-order chi connectivity index (χ0) is 17.1. The van der Waals surface area contributed by atoms with Crippen LogP contribution in [0.15, 0.2) is 42.5 Å². The summed E-state index contributed by atoms with van der Waals surface area (Å²) >= 11 is 1.39. The first-order chi connectivity index (χ1) is 11.7. The summed E-state index contributed by atoms with van der Waals surface area (Å²) < 4.78 is 20.6. The van der Waals surface area contributed by atoms with Crippen LogP contribution in [0, 0.1) is 0 Å². The van der Waals surface area contributed by atoms with E-state index >= 15 is 0 Å². The van der Waals surface area contributed by atoms with Crippen LogP contribution in [0.3, 0.4) is 0 Å². The maximum Gasteiger partial charge on any atom is 0.203 e. The third-order valence-electron chi connectivity index (χ3n) is 3.62. The van der Waals surface area contributed by atoms with Gasteiger partial charge in [-0.05, 0) is 54.0 Å². The van der Waals surface area contributed by atoms with Gasteiger partial charge in [0.05, 0.1) is 31.9 Å². The molecule has 0 bridgehead atoms. The summed E-state index contributed by atoms with van der Waals surface area (Å²) in [5.41, 5.74) is 2.73. The van der Waals surface area contributed by atoms with Gasteiger partial charge in [0.15, 0.2) is 11.5 Å². The summed E-state index contributed by atoms with van der Waals surface area (Å²) in [7, 11) is 4.76. The fraction of sp³-hybridized carbons (Fsp3) is 0.167. The van der Waals surface area contributed by atoms with E-state index in [9.17, 15) is 5.11 Å². The van der Waals surface area contributed by atoms with E-state index in [0.717, 1.165) is 21.7 Å². The van der Waals surface area contributed by atoms with Crippen LogP contribution in [0.4, 0.5) is 0 Å². The average molecular weight is 343 g/mol. The zero-order valence-electron chi connectivity index (χ0n) is 13.6. The highest BCUT2D eigenvalue weighted by Gasteiger charge is 2.16. The lowest BCUT2D eigenvalue weighted by Gasteiger charge is -2.13. The summed E-state index contributed by atoms with van der Waals surface area (Å²) in [6.45, 7) is 0. The summed E-state index contributed by atoms with van der Waals surface area (Å²) in [6.07, 6.45) is 0. The number of hydrogen-bond donors (Lipinski definition) is 1. The molecule has 1 N–H and O–H groups in total. The Balaban J connectivity index is 2.02. The van der Waals surface area contributed by atoms with Gasteiger partial charge >= 0.3 is 0 Å². The SMILES string of the molecule is COc1cc(-c2cc(-c3ccc(O)cc3)ns2)cc(OC)c1OC. The maximum absolute atomic E-state index is 9.39. The average Bonchev–Trinajstić information content (AvgIpc) is 3.11. The second kappa shape index (κ2) is 6.80. The second-order valence-electron chi connectivity index (χ2n) is 5.04. The van der Waals surface area contributed by atoms with Gasteiger partial charge in [0, 0.05) is 11.1 Å². The van der Waals surface area contributed by atoms with Gasteiger partial charge in [0.2, 0.25) is 5.75 Å². The number of ether oxygens (including phenoxy) is 3. The van der Waals surface area contributed by atoms with E-state index < -0.39 is 0 Å². The molecule has 0 radical (unpaired) electrons. The number of aromatic nitrogens is 1. The van der Waals surface area contributed by atoms with Crippen LogP contribution in [0.5, 0.6) is 23.0 Å². The van der Waals surface area contributed by atoms with E-state index in [4.69, 9.17) is 14.2 Å². The Bertz CT molecular complexity index is 817. The number of rotatable bonds is 5. The minimum absolute atomic E-state index is 0.235. The van der Waals surface area contributed by atoms with Crippen molar-refractivity contribution in [3.05, 3.63) is 42.5 Å². The van der Waals surface area contributed by atoms with E-state index in [0.29, 0.717) is 17.2 Å².